The fraction of sp³-hybridized carbons (Fsp3) is 0.522. The van der Waals surface area contributed by atoms with Gasteiger partial charge in [0.2, 0.25) is 0 Å². The molecule has 3 aliphatic heterocycles. The minimum Gasteiger partial charge on any atom is -0.497 e. The number of methoxy groups -OCH3 is 1. The third kappa shape index (κ3) is 3.40. The number of aliphatic hydroxyl groups is 1. The first-order chi connectivity index (χ1) is 13.3. The molecule has 0 aliphatic carbocycles. The number of fused-ring (bicyclic) bond motifs is 4. The van der Waals surface area contributed by atoms with Gasteiger partial charge >= 0.3 is 0 Å². The Kier molecular flexibility index (Phi) is 5.10. The van der Waals surface area contributed by atoms with Gasteiger partial charge in [-0.05, 0) is 61.1 Å². The van der Waals surface area contributed by atoms with E-state index >= 15 is 0 Å². The molecule has 1 aromatic heterocycles. The summed E-state index contributed by atoms with van der Waals surface area (Å²) in [5.41, 5.74) is 1.96. The Hall–Kier alpha value is -1.69. The molecule has 2 aromatic rings. The van der Waals surface area contributed by atoms with Gasteiger partial charge in [-0.1, -0.05) is 25.7 Å². The van der Waals surface area contributed by atoms with Crippen LogP contribution in [0.3, 0.4) is 0 Å². The summed E-state index contributed by atoms with van der Waals surface area (Å²) in [7, 11) is 0.0701. The van der Waals surface area contributed by atoms with E-state index < -0.39 is 14.2 Å². The van der Waals surface area contributed by atoms with Gasteiger partial charge in [0.05, 0.1) is 18.7 Å². The predicted octanol–water partition coefficient (Wildman–Crippen LogP) is 3.72. The van der Waals surface area contributed by atoms with Crippen LogP contribution in [0.4, 0.5) is 0 Å². The quantitative estimate of drug-likeness (QED) is 0.618. The molecule has 5 atom stereocenters. The number of aromatic nitrogens is 1. The highest BCUT2D eigenvalue weighted by Crippen LogP contribution is 2.42. The standard InChI is InChI=1S/C23H32N2O2Si/c1-6-15-14-25-10-9-16(15)11-21(25)23(26)19-13-22(28(3,4)5)24-20-8-7-17(27-2)12-18(19)20/h6-8,12-13,15-16,21,23,26H,1,9-11,14H2,2-5H3/t15-,16?,21-,23+/m0/s1. The Labute approximate surface area is 169 Å². The largest absolute Gasteiger partial charge is 0.497 e. The van der Waals surface area contributed by atoms with Crippen LogP contribution in [0.1, 0.15) is 24.5 Å². The van der Waals surface area contributed by atoms with Gasteiger partial charge < -0.3 is 9.84 Å². The maximum absolute atomic E-state index is 11.6. The van der Waals surface area contributed by atoms with Crippen molar-refractivity contribution in [2.45, 2.75) is 44.6 Å². The molecule has 5 heteroatoms. The van der Waals surface area contributed by atoms with E-state index in [2.05, 4.69) is 43.3 Å². The lowest BCUT2D eigenvalue weighted by atomic mass is 9.73. The maximum atomic E-state index is 11.6. The molecular formula is C23H32N2O2Si. The highest BCUT2D eigenvalue weighted by atomic mass is 28.3. The summed E-state index contributed by atoms with van der Waals surface area (Å²) in [4.78, 5) is 7.42. The van der Waals surface area contributed by atoms with Gasteiger partial charge in [0.1, 0.15) is 13.8 Å². The summed E-state index contributed by atoms with van der Waals surface area (Å²) < 4.78 is 5.46. The summed E-state index contributed by atoms with van der Waals surface area (Å²) in [6.07, 6.45) is 3.84. The molecule has 5 rings (SSSR count). The van der Waals surface area contributed by atoms with E-state index in [0.717, 1.165) is 47.0 Å². The lowest BCUT2D eigenvalue weighted by molar-refractivity contribution is -0.0444. The topological polar surface area (TPSA) is 45.6 Å². The molecular weight excluding hydrogens is 364 g/mol. The van der Waals surface area contributed by atoms with E-state index in [9.17, 15) is 5.11 Å². The second-order valence-electron chi connectivity index (χ2n) is 9.42. The number of ether oxygens (including phenoxy) is 1. The maximum Gasteiger partial charge on any atom is 0.119 e. The number of nitrogens with zero attached hydrogens (tertiary/aromatic N) is 2. The van der Waals surface area contributed by atoms with E-state index in [1.807, 2.05) is 18.2 Å². The van der Waals surface area contributed by atoms with Crippen LogP contribution in [-0.2, 0) is 0 Å². The Morgan fingerprint density at radius 2 is 2.11 bits per heavy atom. The summed E-state index contributed by atoms with van der Waals surface area (Å²) in [6, 6.07) is 8.35. The van der Waals surface area contributed by atoms with Crippen LogP contribution in [0.15, 0.2) is 36.9 Å². The van der Waals surface area contributed by atoms with Crippen molar-refractivity contribution in [3.63, 3.8) is 0 Å². The number of rotatable bonds is 5. The molecule has 4 heterocycles. The third-order valence-corrected chi connectivity index (χ3v) is 8.45. The number of piperidine rings is 3. The fourth-order valence-corrected chi connectivity index (χ4v) is 5.94. The Morgan fingerprint density at radius 1 is 1.32 bits per heavy atom. The Bertz CT molecular complexity index is 892. The van der Waals surface area contributed by atoms with Crippen molar-refractivity contribution in [2.24, 2.45) is 11.8 Å². The molecule has 150 valence electrons. The summed E-state index contributed by atoms with van der Waals surface area (Å²) in [5, 5.41) is 13.7. The molecule has 0 saturated carbocycles. The highest BCUT2D eigenvalue weighted by Gasteiger charge is 2.42. The van der Waals surface area contributed by atoms with Crippen molar-refractivity contribution in [3.8, 4) is 5.75 Å². The van der Waals surface area contributed by atoms with Crippen LogP contribution >= 0.6 is 0 Å². The molecule has 4 nitrogen and oxygen atoms in total. The van der Waals surface area contributed by atoms with Crippen molar-refractivity contribution >= 4 is 24.3 Å². The predicted molar refractivity (Wildman–Crippen MR) is 118 cm³/mol. The zero-order valence-corrected chi connectivity index (χ0v) is 18.5. The molecule has 1 aromatic carbocycles. The lowest BCUT2D eigenvalue weighted by Crippen LogP contribution is -2.55. The zero-order valence-electron chi connectivity index (χ0n) is 17.5. The fourth-order valence-electron chi connectivity index (χ4n) is 4.90. The lowest BCUT2D eigenvalue weighted by Gasteiger charge is -2.50. The number of benzene rings is 1. The van der Waals surface area contributed by atoms with Gasteiger partial charge in [-0.2, -0.15) is 0 Å². The van der Waals surface area contributed by atoms with Crippen LogP contribution < -0.4 is 10.1 Å². The van der Waals surface area contributed by atoms with Crippen molar-refractivity contribution in [3.05, 3.63) is 42.5 Å². The Balaban J connectivity index is 1.79. The SMILES string of the molecule is C=C[C@H]1CN2CCC1C[C@H]2[C@H](O)c1cc([Si](C)(C)C)nc2ccc(OC)cc12. The molecule has 3 aliphatic rings. The second kappa shape index (κ2) is 7.28. The van der Waals surface area contributed by atoms with Gasteiger partial charge in [-0.15, -0.1) is 6.58 Å². The first kappa shape index (κ1) is 19.6. The van der Waals surface area contributed by atoms with Crippen LogP contribution in [-0.4, -0.2) is 49.3 Å². The molecule has 2 bridgehead atoms. The van der Waals surface area contributed by atoms with Crippen LogP contribution in [0, 0.1) is 11.8 Å². The minimum atomic E-state index is -1.61. The Morgan fingerprint density at radius 3 is 2.71 bits per heavy atom. The molecule has 3 saturated heterocycles. The van der Waals surface area contributed by atoms with E-state index in [0.29, 0.717) is 11.8 Å². The first-order valence-corrected chi connectivity index (χ1v) is 13.9. The van der Waals surface area contributed by atoms with Crippen LogP contribution in [0.2, 0.25) is 19.6 Å². The summed E-state index contributed by atoms with van der Waals surface area (Å²) in [6.45, 7) is 13.0. The van der Waals surface area contributed by atoms with Crippen molar-refractivity contribution in [1.82, 2.24) is 9.88 Å². The van der Waals surface area contributed by atoms with Gasteiger partial charge in [-0.25, -0.2) is 0 Å². The summed E-state index contributed by atoms with van der Waals surface area (Å²) >= 11 is 0. The van der Waals surface area contributed by atoms with E-state index in [-0.39, 0.29) is 6.04 Å². The van der Waals surface area contributed by atoms with Crippen LogP contribution in [0.25, 0.3) is 10.9 Å². The normalized spacial score (nSPS) is 28.3. The molecule has 1 N–H and O–H groups in total. The molecule has 0 amide bonds. The number of hydrogen-bond acceptors (Lipinski definition) is 4. The molecule has 0 spiro atoms. The van der Waals surface area contributed by atoms with Crippen molar-refractivity contribution in [1.29, 1.82) is 0 Å². The van der Waals surface area contributed by atoms with E-state index in [4.69, 9.17) is 9.72 Å². The molecule has 3 fully saturated rings. The van der Waals surface area contributed by atoms with Crippen molar-refractivity contribution < 1.29 is 9.84 Å². The van der Waals surface area contributed by atoms with Crippen LogP contribution in [0.5, 0.6) is 5.75 Å². The molecule has 0 radical (unpaired) electrons. The monoisotopic (exact) mass is 396 g/mol. The number of hydrogen-bond donors (Lipinski definition) is 1. The number of aliphatic hydroxyl groups excluding tert-OH is 1. The number of pyridine rings is 1. The highest BCUT2D eigenvalue weighted by molar-refractivity contribution is 6.88. The van der Waals surface area contributed by atoms with Crippen molar-refractivity contribution in [2.75, 3.05) is 20.2 Å². The zero-order chi connectivity index (χ0) is 20.1. The molecule has 2 unspecified atom stereocenters. The third-order valence-electron chi connectivity index (χ3n) is 6.65. The van der Waals surface area contributed by atoms with Gasteiger partial charge in [0.15, 0.2) is 0 Å². The van der Waals surface area contributed by atoms with E-state index in [1.165, 1.54) is 6.42 Å². The van der Waals surface area contributed by atoms with Gasteiger partial charge in [-0.3, -0.25) is 9.88 Å². The average molecular weight is 397 g/mol. The average Bonchev–Trinajstić information content (AvgIpc) is 2.71. The smallest absolute Gasteiger partial charge is 0.119 e. The first-order valence-electron chi connectivity index (χ1n) is 10.4. The molecule has 28 heavy (non-hydrogen) atoms. The van der Waals surface area contributed by atoms with Gasteiger partial charge in [0.25, 0.3) is 0 Å². The van der Waals surface area contributed by atoms with Gasteiger partial charge in [0, 0.05) is 23.3 Å². The second-order valence-corrected chi connectivity index (χ2v) is 14.4. The minimum absolute atomic E-state index is 0.168. The van der Waals surface area contributed by atoms with E-state index in [1.54, 1.807) is 7.11 Å². The summed E-state index contributed by atoms with van der Waals surface area (Å²) in [5.74, 6) is 2.01.